The Kier molecular flexibility index (Phi) is 42.6. The lowest BCUT2D eigenvalue weighted by molar-refractivity contribution is -0.301. The van der Waals surface area contributed by atoms with Gasteiger partial charge < -0.3 is 34.3 Å². The van der Waals surface area contributed by atoms with Crippen molar-refractivity contribution in [3.8, 4) is 0 Å². The summed E-state index contributed by atoms with van der Waals surface area (Å²) in [4.78, 5) is 12.9. The number of hydrogen-bond donors (Lipinski definition) is 4. The van der Waals surface area contributed by atoms with Crippen LogP contribution in [0.4, 0.5) is 0 Å². The fraction of sp³-hybridized carbons (Fsp3) is 0.833. The first kappa shape index (κ1) is 63.1. The van der Waals surface area contributed by atoms with Gasteiger partial charge in [0.25, 0.3) is 0 Å². The number of carbonyl (C=O) groups excluding carboxylic acids is 1. The molecule has 13 heteroatoms. The van der Waals surface area contributed by atoms with Crippen LogP contribution in [0.25, 0.3) is 0 Å². The van der Waals surface area contributed by atoms with Gasteiger partial charge >= 0.3 is 16.4 Å². The van der Waals surface area contributed by atoms with Crippen LogP contribution < -0.4 is 0 Å². The third-order valence-electron chi connectivity index (χ3n) is 12.2. The fourth-order valence-corrected chi connectivity index (χ4v) is 8.58. The van der Waals surface area contributed by atoms with Crippen LogP contribution >= 0.6 is 0 Å². The molecule has 0 bridgehead atoms. The van der Waals surface area contributed by atoms with Crippen molar-refractivity contribution in [1.82, 2.24) is 0 Å². The minimum atomic E-state index is -5.07. The topological polar surface area (TPSA) is 178 Å². The van der Waals surface area contributed by atoms with Gasteiger partial charge in [0, 0.05) is 13.0 Å². The molecule has 67 heavy (non-hydrogen) atoms. The van der Waals surface area contributed by atoms with Gasteiger partial charge in [-0.3, -0.25) is 9.35 Å². The van der Waals surface area contributed by atoms with Gasteiger partial charge in [0.05, 0.1) is 19.8 Å². The molecule has 1 rings (SSSR count). The highest BCUT2D eigenvalue weighted by Crippen LogP contribution is 2.26. The fourth-order valence-electron chi connectivity index (χ4n) is 8.07. The third-order valence-corrected chi connectivity index (χ3v) is 12.6. The highest BCUT2D eigenvalue weighted by molar-refractivity contribution is 7.80. The number of rotatable bonds is 47. The molecule has 0 spiro atoms. The molecule has 12 nitrogen and oxygen atoms in total. The molecule has 0 aromatic heterocycles. The molecule has 1 fully saturated rings. The van der Waals surface area contributed by atoms with Gasteiger partial charge in [-0.25, -0.2) is 4.18 Å². The molecule has 6 unspecified atom stereocenters. The van der Waals surface area contributed by atoms with Crippen LogP contribution in [0.2, 0.25) is 0 Å². The van der Waals surface area contributed by atoms with E-state index in [2.05, 4.69) is 66.6 Å². The summed E-state index contributed by atoms with van der Waals surface area (Å²) in [5.41, 5.74) is 0. The first-order chi connectivity index (χ1) is 32.6. The van der Waals surface area contributed by atoms with E-state index in [4.69, 9.17) is 18.9 Å². The van der Waals surface area contributed by atoms with E-state index in [-0.39, 0.29) is 19.6 Å². The quantitative estimate of drug-likeness (QED) is 0.0197. The second-order valence-corrected chi connectivity index (χ2v) is 19.5. The number of aliphatic hydroxyl groups is 3. The minimum absolute atomic E-state index is 0.0302. The van der Waals surface area contributed by atoms with Crippen molar-refractivity contribution in [2.75, 3.05) is 26.4 Å². The molecule has 1 heterocycles. The molecule has 6 atom stereocenters. The summed E-state index contributed by atoms with van der Waals surface area (Å²) >= 11 is 0. The Morgan fingerprint density at radius 1 is 0.567 bits per heavy atom. The monoisotopic (exact) mass is 971 g/mol. The zero-order valence-corrected chi connectivity index (χ0v) is 43.0. The standard InChI is InChI=1S/C54H98O12S/c1-3-5-7-9-11-13-15-17-19-20-21-22-23-24-25-26-27-28-29-30-32-34-36-38-40-42-44-62-46-48(47-63-54-52(58)53(66-67(59,60)61)51(57)49(45-55)65-54)64-50(56)43-41-39-37-35-33-31-18-16-14-12-10-8-6-4-2/h10,12,15-18,20-21,48-49,51-55,57-58H,3-9,11,13-14,19,22-47H2,1-2H3,(H,59,60,61)/b12-10-,17-15-,18-16-,21-20-. The average Bonchev–Trinajstić information content (AvgIpc) is 3.30. The highest BCUT2D eigenvalue weighted by Gasteiger charge is 2.48. The smallest absolute Gasteiger partial charge is 0.397 e. The SMILES string of the molecule is CCCC/C=C\C/C=C\CCCCCCCC(=O)OC(COCCCCCCCCCCCCCCCC/C=C\C/C=C\CCCCCCC)COC1OC(CO)C(O)C(OS(=O)(=O)O)C1O. The van der Waals surface area contributed by atoms with Gasteiger partial charge in [0.15, 0.2) is 6.29 Å². The van der Waals surface area contributed by atoms with Crippen molar-refractivity contribution in [2.45, 2.75) is 263 Å². The van der Waals surface area contributed by atoms with Gasteiger partial charge in [-0.2, -0.15) is 8.42 Å². The van der Waals surface area contributed by atoms with E-state index in [9.17, 15) is 33.1 Å². The largest absolute Gasteiger partial charge is 0.457 e. The number of carbonyl (C=O) groups is 1. The minimum Gasteiger partial charge on any atom is -0.457 e. The van der Waals surface area contributed by atoms with E-state index in [1.807, 2.05) is 0 Å². The predicted molar refractivity (Wildman–Crippen MR) is 271 cm³/mol. The summed E-state index contributed by atoms with van der Waals surface area (Å²) in [6.07, 6.45) is 47.2. The third kappa shape index (κ3) is 38.5. The predicted octanol–water partition coefficient (Wildman–Crippen LogP) is 12.7. The van der Waals surface area contributed by atoms with Crippen LogP contribution in [0.5, 0.6) is 0 Å². The van der Waals surface area contributed by atoms with Crippen molar-refractivity contribution in [3.63, 3.8) is 0 Å². The first-order valence-corrected chi connectivity index (χ1v) is 28.3. The van der Waals surface area contributed by atoms with Crippen molar-refractivity contribution in [3.05, 3.63) is 48.6 Å². The van der Waals surface area contributed by atoms with Crippen molar-refractivity contribution >= 4 is 16.4 Å². The molecule has 0 aromatic carbocycles. The number of unbranched alkanes of at least 4 members (excludes halogenated alkanes) is 26. The lowest BCUT2D eigenvalue weighted by Gasteiger charge is -2.41. The first-order valence-electron chi connectivity index (χ1n) is 26.9. The van der Waals surface area contributed by atoms with Gasteiger partial charge in [-0.05, 0) is 70.6 Å². The molecule has 1 saturated heterocycles. The maximum atomic E-state index is 12.9. The van der Waals surface area contributed by atoms with E-state index < -0.39 is 59.8 Å². The van der Waals surface area contributed by atoms with Gasteiger partial charge in [-0.15, -0.1) is 0 Å². The lowest BCUT2D eigenvalue weighted by Crippen LogP contribution is -2.60. The Morgan fingerprint density at radius 2 is 1.00 bits per heavy atom. The van der Waals surface area contributed by atoms with Gasteiger partial charge in [0.1, 0.15) is 30.5 Å². The molecular formula is C54H98O12S. The Bertz CT molecular complexity index is 1350. The number of aliphatic hydroxyl groups excluding tert-OH is 3. The number of allylic oxidation sites excluding steroid dienone is 8. The van der Waals surface area contributed by atoms with E-state index in [1.54, 1.807) is 0 Å². The van der Waals surface area contributed by atoms with Gasteiger partial charge in [0.2, 0.25) is 0 Å². The Hall–Kier alpha value is -1.94. The zero-order chi connectivity index (χ0) is 48.9. The van der Waals surface area contributed by atoms with E-state index >= 15 is 0 Å². The Labute approximate surface area is 408 Å². The number of esters is 1. The molecule has 0 radical (unpaired) electrons. The molecule has 0 aliphatic carbocycles. The zero-order valence-electron chi connectivity index (χ0n) is 42.2. The molecule has 1 aliphatic rings. The van der Waals surface area contributed by atoms with Gasteiger partial charge in [-0.1, -0.05) is 197 Å². The molecule has 4 N–H and O–H groups in total. The normalized spacial score (nSPS) is 19.8. The number of ether oxygens (including phenoxy) is 4. The van der Waals surface area contributed by atoms with Crippen LogP contribution in [0.1, 0.15) is 226 Å². The van der Waals surface area contributed by atoms with E-state index in [0.717, 1.165) is 70.6 Å². The summed E-state index contributed by atoms with van der Waals surface area (Å²) in [5, 5.41) is 30.8. The molecule has 0 aromatic rings. The van der Waals surface area contributed by atoms with Crippen LogP contribution in [0.15, 0.2) is 48.6 Å². The maximum Gasteiger partial charge on any atom is 0.397 e. The Balaban J connectivity index is 2.29. The van der Waals surface area contributed by atoms with Crippen molar-refractivity contribution < 1.29 is 56.2 Å². The molecule has 1 aliphatic heterocycles. The summed E-state index contributed by atoms with van der Waals surface area (Å²) in [5.74, 6) is -0.412. The molecule has 0 amide bonds. The highest BCUT2D eigenvalue weighted by atomic mass is 32.3. The number of hydrogen-bond acceptors (Lipinski definition) is 11. The second kappa shape index (κ2) is 45.2. The van der Waals surface area contributed by atoms with Crippen molar-refractivity contribution in [2.24, 2.45) is 0 Å². The van der Waals surface area contributed by atoms with Crippen LogP contribution in [0, 0.1) is 0 Å². The van der Waals surface area contributed by atoms with E-state index in [0.29, 0.717) is 13.0 Å². The van der Waals surface area contributed by atoms with Crippen molar-refractivity contribution in [1.29, 1.82) is 0 Å². The molecule has 392 valence electrons. The second-order valence-electron chi connectivity index (χ2n) is 18.5. The molecule has 0 saturated carbocycles. The van der Waals surface area contributed by atoms with Crippen LogP contribution in [-0.2, 0) is 38.3 Å². The maximum absolute atomic E-state index is 12.9. The summed E-state index contributed by atoms with van der Waals surface area (Å²) in [6.45, 7) is 3.94. The van der Waals surface area contributed by atoms with E-state index in [1.165, 1.54) is 128 Å². The summed E-state index contributed by atoms with van der Waals surface area (Å²) in [6, 6.07) is 0. The van der Waals surface area contributed by atoms with Crippen LogP contribution in [0.3, 0.4) is 0 Å². The lowest BCUT2D eigenvalue weighted by atomic mass is 9.99. The van der Waals surface area contributed by atoms with Crippen LogP contribution in [-0.4, -0.2) is 97.5 Å². The summed E-state index contributed by atoms with van der Waals surface area (Å²) in [7, 11) is -5.07. The summed E-state index contributed by atoms with van der Waals surface area (Å²) < 4.78 is 59.2. The molecular weight excluding hydrogens is 873 g/mol. The average molecular weight is 971 g/mol. The Morgan fingerprint density at radius 3 is 1.46 bits per heavy atom.